The first-order valence-electron chi connectivity index (χ1n) is 33.2. The van der Waals surface area contributed by atoms with E-state index in [4.69, 9.17) is 40.2 Å². The van der Waals surface area contributed by atoms with Crippen LogP contribution in [0.25, 0.3) is 6.08 Å². The molecule has 5 N–H and O–H groups in total. The molecule has 1 saturated heterocycles. The van der Waals surface area contributed by atoms with E-state index in [1.165, 1.54) is 72.2 Å². The summed E-state index contributed by atoms with van der Waals surface area (Å²) in [6.07, 6.45) is 19.7. The van der Waals surface area contributed by atoms with Crippen molar-refractivity contribution in [1.82, 2.24) is 0 Å². The Morgan fingerprint density at radius 2 is 1.27 bits per heavy atom. The number of piperidine rings is 1. The van der Waals surface area contributed by atoms with Crippen LogP contribution in [0.15, 0.2) is 197 Å². The maximum Gasteiger partial charge on any atom is 0.425 e. The molecule has 6 aliphatic rings. The number of hydrogen-bond acceptors (Lipinski definition) is 16. The number of carboxylic acid groups (broad SMARTS) is 3. The molecule has 0 radical (unpaired) electrons. The van der Waals surface area contributed by atoms with Gasteiger partial charge in [0.15, 0.2) is 5.71 Å². The highest BCUT2D eigenvalue weighted by molar-refractivity contribution is 7.85. The molecule has 6 heterocycles. The Hall–Kier alpha value is -10.2. The third kappa shape index (κ3) is 19.4. The van der Waals surface area contributed by atoms with Crippen LogP contribution in [-0.4, -0.2) is 120 Å². The van der Waals surface area contributed by atoms with Gasteiger partial charge in [-0.25, -0.2) is 9.59 Å². The summed E-state index contributed by atoms with van der Waals surface area (Å²) in [7, 11) is -10.6. The zero-order chi connectivity index (χ0) is 74.3. The van der Waals surface area contributed by atoms with Gasteiger partial charge in [-0.15, -0.1) is 25.3 Å². The van der Waals surface area contributed by atoms with Gasteiger partial charge in [0.25, 0.3) is 16.6 Å². The standard InChI is InChI=1S/C41H43N3O6S.C22H20O6.C14H19N.2O3S/c1-40(2)32-11-5-6-12-34(32)43-21-7-9-28(37(40)43)23-26(13-20-36(45)42-30-16-14-27(15-17-30)39(46)47)24-29-10-8-22-44-35-19-18-31(51(48,49)50)25-33(35)41(3,4)38(29)44;23-15-28-20-12-7-18(8-13-20)4-2-16(9-14-21(24)25)1-3-17-5-10-19(11-6-17)22(26)27;1-14(2)11-7-3-4-8-12(11)15-10-6-5-9-13(14)15;2*1-4(2)3/h5-6,11-12,14-19,23-25H,7-10,13,20-22H2,1-4H3,(H2-,42,45,46,47,48,49,50);1-2,4-8,10-13,15H,3,9,14H2,(H,24,25)(H,26,27);3-4,7-8,13H,5-6,9-10H2,1-2H3;;/p+1/b;4-2+,16-1-;;;. The molecule has 0 aromatic heterocycles. The first-order valence-corrected chi connectivity index (χ1v) is 36.7. The Morgan fingerprint density at radius 1 is 0.657 bits per heavy atom. The monoisotopic (exact) mass is 1450 g/mol. The highest BCUT2D eigenvalue weighted by Crippen LogP contribution is 2.53. The van der Waals surface area contributed by atoms with Crippen molar-refractivity contribution in [1.29, 1.82) is 0 Å². The zero-order valence-electron chi connectivity index (χ0n) is 57.5. The SMILES string of the molecule is CC1(C)C2=C(C=C(C=C3CCC[N+]4=C3C(C)(C)c3ccccc34)CCC(=O)Nc3ccc(C(=O)O)cc3)CCCN2c2ccc(S(=O)(=O)O)cc21.CC1(C)c2ccccc2N2CCCCC21.O=COc1ccc(/C=C/C(=C/Cc2ccc(C(=O)O)cc2)CCC(=O)O)cc1.O=S(=O)=O.O=S(=O)=O. The van der Waals surface area contributed by atoms with Crippen molar-refractivity contribution < 1.29 is 86.8 Å². The number of aliphatic carboxylic acids is 1. The van der Waals surface area contributed by atoms with Crippen molar-refractivity contribution in [3.05, 3.63) is 231 Å². The summed E-state index contributed by atoms with van der Waals surface area (Å²) in [5.41, 5.74) is 16.5. The van der Waals surface area contributed by atoms with E-state index in [0.717, 1.165) is 89.6 Å². The number of ether oxygens (including phenoxy) is 1. The van der Waals surface area contributed by atoms with E-state index in [1.54, 1.807) is 78.4 Å². The summed E-state index contributed by atoms with van der Waals surface area (Å²) in [5, 5.41) is 30.1. The van der Waals surface area contributed by atoms with Crippen LogP contribution in [0.1, 0.15) is 161 Å². The van der Waals surface area contributed by atoms with Gasteiger partial charge in [0, 0.05) is 89.2 Å². The summed E-state index contributed by atoms with van der Waals surface area (Å²) < 4.78 is 91.9. The maximum atomic E-state index is 13.3. The lowest BCUT2D eigenvalue weighted by atomic mass is 9.76. The van der Waals surface area contributed by atoms with Crippen LogP contribution < -0.4 is 19.9 Å². The molecule has 6 aromatic rings. The quantitative estimate of drug-likeness (QED) is 0.0231. The summed E-state index contributed by atoms with van der Waals surface area (Å²) in [6.45, 7) is 17.0. The molecule has 22 nitrogen and oxygen atoms in total. The average Bonchev–Trinajstić information content (AvgIpc) is 1.61. The lowest BCUT2D eigenvalue weighted by Crippen LogP contribution is -2.44. The van der Waals surface area contributed by atoms with E-state index in [0.29, 0.717) is 42.6 Å². The predicted molar refractivity (Wildman–Crippen MR) is 387 cm³/mol. The van der Waals surface area contributed by atoms with Gasteiger partial charge in [0.2, 0.25) is 11.6 Å². The smallest absolute Gasteiger partial charge is 0.425 e. The molecular weight excluding hydrogens is 1370 g/mol. The van der Waals surface area contributed by atoms with E-state index >= 15 is 0 Å². The van der Waals surface area contributed by atoms with E-state index in [-0.39, 0.29) is 40.2 Å². The molecule has 0 saturated carbocycles. The number of nitrogens with zero attached hydrogens (tertiary/aromatic N) is 3. The van der Waals surface area contributed by atoms with Crippen molar-refractivity contribution in [2.75, 3.05) is 34.8 Å². The van der Waals surface area contributed by atoms with Crippen molar-refractivity contribution in [2.45, 2.75) is 146 Å². The van der Waals surface area contributed by atoms with Gasteiger partial charge in [-0.2, -0.15) is 13.0 Å². The Labute approximate surface area is 596 Å². The fraction of sp³-hybridized carbons (Fsp3) is 0.325. The van der Waals surface area contributed by atoms with Crippen molar-refractivity contribution in [3.8, 4) is 5.75 Å². The lowest BCUT2D eigenvalue weighted by Gasteiger charge is -2.38. The molecule has 0 spiro atoms. The van der Waals surface area contributed by atoms with E-state index in [1.807, 2.05) is 18.2 Å². The van der Waals surface area contributed by atoms with Gasteiger partial charge < -0.3 is 35.2 Å². The van der Waals surface area contributed by atoms with E-state index < -0.39 is 54.7 Å². The van der Waals surface area contributed by atoms with Crippen LogP contribution in [0.4, 0.5) is 22.7 Å². The number of nitrogens with one attached hydrogen (secondary N) is 1. The van der Waals surface area contributed by atoms with Crippen LogP contribution in [0.3, 0.4) is 0 Å². The Bertz CT molecular complexity index is 4690. The average molecular weight is 1450 g/mol. The van der Waals surface area contributed by atoms with Gasteiger partial charge in [0.05, 0.1) is 21.4 Å². The second kappa shape index (κ2) is 34.0. The Balaban J connectivity index is 0.000000214. The van der Waals surface area contributed by atoms with Gasteiger partial charge >= 0.3 is 39.1 Å². The molecule has 0 aliphatic carbocycles. The molecular formula is C77H83N4O18S3+. The molecule has 1 fully saturated rings. The number of aromatic carboxylic acids is 2. The highest BCUT2D eigenvalue weighted by Gasteiger charge is 2.49. The number of amides is 1. The third-order valence-electron chi connectivity index (χ3n) is 19.1. The largest absolute Gasteiger partial charge is 0.481 e. The Kier molecular flexibility index (Phi) is 25.8. The van der Waals surface area contributed by atoms with E-state index in [2.05, 4.69) is 122 Å². The molecule has 102 heavy (non-hydrogen) atoms. The molecule has 12 rings (SSSR count). The van der Waals surface area contributed by atoms with Crippen molar-refractivity contribution >= 4 is 96.2 Å². The lowest BCUT2D eigenvalue weighted by molar-refractivity contribution is -0.441. The molecule has 1 unspecified atom stereocenters. The molecule has 6 aliphatic heterocycles. The topological polar surface area (TPSA) is 334 Å². The van der Waals surface area contributed by atoms with Crippen LogP contribution in [0.2, 0.25) is 0 Å². The molecule has 0 bridgehead atoms. The minimum absolute atomic E-state index is 0.0141. The van der Waals surface area contributed by atoms with Gasteiger partial charge in [-0.3, -0.25) is 18.9 Å². The molecule has 1 atom stereocenters. The van der Waals surface area contributed by atoms with Crippen LogP contribution in [0, 0.1) is 0 Å². The number of carbonyl (C=O) groups is 5. The van der Waals surface area contributed by atoms with Crippen LogP contribution >= 0.6 is 0 Å². The minimum Gasteiger partial charge on any atom is -0.481 e. The van der Waals surface area contributed by atoms with Crippen LogP contribution in [0.5, 0.6) is 5.75 Å². The number of hydrogen-bond donors (Lipinski definition) is 5. The number of fused-ring (bicyclic) bond motifs is 8. The second-order valence-electron chi connectivity index (χ2n) is 26.8. The number of benzene rings is 6. The van der Waals surface area contributed by atoms with Crippen LogP contribution in [-0.2, 0) is 68.4 Å². The van der Waals surface area contributed by atoms with Gasteiger partial charge in [-0.05, 0) is 184 Å². The molecule has 1 amide bonds. The number of para-hydroxylation sites is 2. The summed E-state index contributed by atoms with van der Waals surface area (Å²) >= 11 is 0. The number of carbonyl (C=O) groups excluding carboxylic acids is 2. The summed E-state index contributed by atoms with van der Waals surface area (Å²) in [6, 6.07) is 42.8. The van der Waals surface area contributed by atoms with E-state index in [9.17, 15) is 42.0 Å². The summed E-state index contributed by atoms with van der Waals surface area (Å²) in [5.74, 6) is -2.59. The number of rotatable bonds is 18. The first kappa shape index (κ1) is 77.5. The fourth-order valence-electron chi connectivity index (χ4n) is 14.5. The molecule has 25 heteroatoms. The predicted octanol–water partition coefficient (Wildman–Crippen LogP) is 13.2. The number of anilines is 3. The second-order valence-corrected chi connectivity index (χ2v) is 29.1. The maximum absolute atomic E-state index is 13.3. The number of allylic oxidation sites excluding steroid dienone is 9. The van der Waals surface area contributed by atoms with Crippen molar-refractivity contribution in [3.63, 3.8) is 0 Å². The number of carboxylic acids is 3. The zero-order valence-corrected chi connectivity index (χ0v) is 59.9. The minimum atomic E-state index is -4.36. The highest BCUT2D eigenvalue weighted by atomic mass is 32.2. The summed E-state index contributed by atoms with van der Waals surface area (Å²) in [4.78, 5) is 61.6. The third-order valence-corrected chi connectivity index (χ3v) is 19.9. The molecule has 536 valence electrons. The fourth-order valence-corrected chi connectivity index (χ4v) is 15.0. The van der Waals surface area contributed by atoms with Gasteiger partial charge in [0.1, 0.15) is 12.3 Å². The van der Waals surface area contributed by atoms with Crippen molar-refractivity contribution in [2.24, 2.45) is 0 Å². The molecule has 6 aromatic carbocycles. The van der Waals surface area contributed by atoms with Gasteiger partial charge in [-0.1, -0.05) is 118 Å². The first-order chi connectivity index (χ1) is 48.3. The Morgan fingerprint density at radius 3 is 1.90 bits per heavy atom. The normalized spacial score (nSPS) is 17.5.